The number of hydrogen-bond acceptors (Lipinski definition) is 3. The minimum Gasteiger partial charge on any atom is -0.493 e. The molecule has 0 bridgehead atoms. The van der Waals surface area contributed by atoms with Gasteiger partial charge in [-0.1, -0.05) is 6.92 Å². The normalized spacial score (nSPS) is 12.7. The molecule has 0 aliphatic rings. The highest BCUT2D eigenvalue weighted by Crippen LogP contribution is 2.36. The van der Waals surface area contributed by atoms with Gasteiger partial charge in [0.25, 0.3) is 0 Å². The zero-order valence-electron chi connectivity index (χ0n) is 11.9. The Morgan fingerprint density at radius 2 is 1.84 bits per heavy atom. The lowest BCUT2D eigenvalue weighted by Gasteiger charge is -2.10. The number of aromatic nitrogens is 1. The molecule has 0 aliphatic carbocycles. The molecule has 2 rings (SSSR count). The molecule has 1 heterocycles. The molecule has 1 aromatic carbocycles. The summed E-state index contributed by atoms with van der Waals surface area (Å²) in [6, 6.07) is 3.90. The second-order valence-corrected chi connectivity index (χ2v) is 4.68. The molecule has 0 radical (unpaired) electrons. The molecule has 1 N–H and O–H groups in total. The van der Waals surface area contributed by atoms with Crippen LogP contribution in [0, 0.1) is 0 Å². The van der Waals surface area contributed by atoms with Crippen LogP contribution in [-0.4, -0.2) is 23.9 Å². The summed E-state index contributed by atoms with van der Waals surface area (Å²) in [6.07, 6.45) is 2.55. The van der Waals surface area contributed by atoms with Crippen LogP contribution in [0.2, 0.25) is 0 Å². The van der Waals surface area contributed by atoms with Crippen LogP contribution in [0.15, 0.2) is 18.3 Å². The highest BCUT2D eigenvalue weighted by molar-refractivity contribution is 5.87. The Morgan fingerprint density at radius 1 is 1.21 bits per heavy atom. The highest BCUT2D eigenvalue weighted by atomic mass is 16.5. The fraction of sp³-hybridized carbons (Fsp3) is 0.467. The summed E-state index contributed by atoms with van der Waals surface area (Å²) in [7, 11) is 3.25. The molecule has 0 spiro atoms. The zero-order valence-corrected chi connectivity index (χ0v) is 11.9. The minimum absolute atomic E-state index is 0.501. The van der Waals surface area contributed by atoms with Gasteiger partial charge in [-0.25, -0.2) is 0 Å². The van der Waals surface area contributed by atoms with Crippen LogP contribution < -0.4 is 9.47 Å². The Hall–Kier alpha value is -1.68. The van der Waals surface area contributed by atoms with E-state index in [-0.39, 0.29) is 0 Å². The van der Waals surface area contributed by atoms with E-state index in [0.717, 1.165) is 29.4 Å². The number of fused-ring (bicyclic) bond motifs is 1. The highest BCUT2D eigenvalue weighted by Gasteiger charge is 2.16. The molecule has 1 atom stereocenters. The standard InChI is InChI=1S/C15H21NO3/c1-5-6-16-9-12(10(2)17)11-7-14(18-3)15(19-4)8-13(11)16/h7-10,17H,5-6H2,1-4H3. The van der Waals surface area contributed by atoms with Crippen molar-refractivity contribution in [1.29, 1.82) is 0 Å². The third-order valence-electron chi connectivity index (χ3n) is 3.33. The van der Waals surface area contributed by atoms with Crippen LogP contribution >= 0.6 is 0 Å². The first-order chi connectivity index (χ1) is 9.12. The summed E-state index contributed by atoms with van der Waals surface area (Å²) in [5.74, 6) is 1.40. The Morgan fingerprint density at radius 3 is 2.37 bits per heavy atom. The number of aliphatic hydroxyl groups is 1. The van der Waals surface area contributed by atoms with Crippen molar-refractivity contribution in [2.45, 2.75) is 32.9 Å². The maximum absolute atomic E-state index is 9.91. The first-order valence-electron chi connectivity index (χ1n) is 6.55. The Bertz CT molecular complexity index is 572. The van der Waals surface area contributed by atoms with E-state index in [9.17, 15) is 5.11 Å². The molecule has 19 heavy (non-hydrogen) atoms. The fourth-order valence-corrected chi connectivity index (χ4v) is 2.40. The molecule has 0 aliphatic heterocycles. The van der Waals surface area contributed by atoms with Gasteiger partial charge in [0, 0.05) is 29.8 Å². The molecular formula is C15H21NO3. The van der Waals surface area contributed by atoms with Crippen molar-refractivity contribution in [3.63, 3.8) is 0 Å². The van der Waals surface area contributed by atoms with Crippen molar-refractivity contribution in [1.82, 2.24) is 4.57 Å². The van der Waals surface area contributed by atoms with Gasteiger partial charge in [-0.3, -0.25) is 0 Å². The predicted octanol–water partition coefficient (Wildman–Crippen LogP) is 3.12. The third kappa shape index (κ3) is 2.40. The van der Waals surface area contributed by atoms with E-state index in [2.05, 4.69) is 11.5 Å². The lowest BCUT2D eigenvalue weighted by atomic mass is 10.1. The number of aryl methyl sites for hydroxylation is 1. The summed E-state index contributed by atoms with van der Waals surface area (Å²) >= 11 is 0. The maximum atomic E-state index is 9.91. The lowest BCUT2D eigenvalue weighted by Crippen LogP contribution is -1.95. The van der Waals surface area contributed by atoms with Gasteiger partial charge in [-0.2, -0.15) is 0 Å². The van der Waals surface area contributed by atoms with E-state index >= 15 is 0 Å². The van der Waals surface area contributed by atoms with Crippen LogP contribution in [0.25, 0.3) is 10.9 Å². The quantitative estimate of drug-likeness (QED) is 0.901. The Labute approximate surface area is 113 Å². The van der Waals surface area contributed by atoms with Gasteiger partial charge in [-0.15, -0.1) is 0 Å². The van der Waals surface area contributed by atoms with Crippen molar-refractivity contribution >= 4 is 10.9 Å². The van der Waals surface area contributed by atoms with Crippen LogP contribution in [0.5, 0.6) is 11.5 Å². The molecule has 4 nitrogen and oxygen atoms in total. The van der Waals surface area contributed by atoms with E-state index in [0.29, 0.717) is 11.5 Å². The van der Waals surface area contributed by atoms with Crippen molar-refractivity contribution in [3.05, 3.63) is 23.9 Å². The largest absolute Gasteiger partial charge is 0.493 e. The first-order valence-corrected chi connectivity index (χ1v) is 6.55. The van der Waals surface area contributed by atoms with E-state index < -0.39 is 6.10 Å². The third-order valence-corrected chi connectivity index (χ3v) is 3.33. The van der Waals surface area contributed by atoms with Crippen molar-refractivity contribution in [3.8, 4) is 11.5 Å². The van der Waals surface area contributed by atoms with E-state index in [1.807, 2.05) is 18.3 Å². The molecule has 0 saturated heterocycles. The van der Waals surface area contributed by atoms with Gasteiger partial charge >= 0.3 is 0 Å². The molecule has 0 amide bonds. The monoisotopic (exact) mass is 263 g/mol. The van der Waals surface area contributed by atoms with Crippen LogP contribution in [0.1, 0.15) is 31.9 Å². The molecule has 0 fully saturated rings. The van der Waals surface area contributed by atoms with Crippen molar-refractivity contribution in [2.75, 3.05) is 14.2 Å². The number of hydrogen-bond donors (Lipinski definition) is 1. The van der Waals surface area contributed by atoms with Gasteiger partial charge in [-0.05, 0) is 19.4 Å². The summed E-state index contributed by atoms with van der Waals surface area (Å²) in [5.41, 5.74) is 1.99. The summed E-state index contributed by atoms with van der Waals surface area (Å²) in [6.45, 7) is 4.83. The molecular weight excluding hydrogens is 242 g/mol. The molecule has 2 aromatic rings. The molecule has 1 unspecified atom stereocenters. The summed E-state index contributed by atoms with van der Waals surface area (Å²) in [5, 5.41) is 10.9. The Kier molecular flexibility index (Phi) is 4.00. The topological polar surface area (TPSA) is 43.6 Å². The number of methoxy groups -OCH3 is 2. The molecule has 1 aromatic heterocycles. The number of nitrogens with zero attached hydrogens (tertiary/aromatic N) is 1. The Balaban J connectivity index is 2.71. The second-order valence-electron chi connectivity index (χ2n) is 4.68. The van der Waals surface area contributed by atoms with E-state index in [4.69, 9.17) is 9.47 Å². The number of rotatable bonds is 5. The first kappa shape index (κ1) is 13.7. The lowest BCUT2D eigenvalue weighted by molar-refractivity contribution is 0.200. The van der Waals surface area contributed by atoms with E-state index in [1.54, 1.807) is 21.1 Å². The maximum Gasteiger partial charge on any atom is 0.162 e. The average Bonchev–Trinajstić information content (AvgIpc) is 2.76. The van der Waals surface area contributed by atoms with Crippen LogP contribution in [-0.2, 0) is 6.54 Å². The number of benzene rings is 1. The van der Waals surface area contributed by atoms with Crippen molar-refractivity contribution in [2.24, 2.45) is 0 Å². The van der Waals surface area contributed by atoms with Gasteiger partial charge in [0.15, 0.2) is 11.5 Å². The summed E-state index contributed by atoms with van der Waals surface area (Å²) < 4.78 is 12.8. The average molecular weight is 263 g/mol. The zero-order chi connectivity index (χ0) is 14.0. The number of ether oxygens (including phenoxy) is 2. The van der Waals surface area contributed by atoms with Gasteiger partial charge in [0.2, 0.25) is 0 Å². The van der Waals surface area contributed by atoms with Crippen LogP contribution in [0.4, 0.5) is 0 Å². The fourth-order valence-electron chi connectivity index (χ4n) is 2.40. The smallest absolute Gasteiger partial charge is 0.162 e. The second kappa shape index (κ2) is 5.53. The minimum atomic E-state index is -0.501. The van der Waals surface area contributed by atoms with Gasteiger partial charge in [0.1, 0.15) is 0 Å². The van der Waals surface area contributed by atoms with E-state index in [1.165, 1.54) is 0 Å². The number of aliphatic hydroxyl groups excluding tert-OH is 1. The SMILES string of the molecule is CCCn1cc(C(C)O)c2cc(OC)c(OC)cc21. The predicted molar refractivity (Wildman–Crippen MR) is 76.0 cm³/mol. The molecule has 0 saturated carbocycles. The van der Waals surface area contributed by atoms with Gasteiger partial charge in [0.05, 0.1) is 25.8 Å². The molecule has 4 heteroatoms. The molecule has 104 valence electrons. The summed E-state index contributed by atoms with van der Waals surface area (Å²) in [4.78, 5) is 0. The van der Waals surface area contributed by atoms with Gasteiger partial charge < -0.3 is 19.1 Å². The van der Waals surface area contributed by atoms with Crippen molar-refractivity contribution < 1.29 is 14.6 Å². The van der Waals surface area contributed by atoms with Crippen LogP contribution in [0.3, 0.4) is 0 Å².